The molecule has 6 heteroatoms. The maximum Gasteiger partial charge on any atom is 0.303 e. The minimum atomic E-state index is -0.652. The fourth-order valence-corrected chi connectivity index (χ4v) is 3.76. The lowest BCUT2D eigenvalue weighted by molar-refractivity contribution is -0.137. The van der Waals surface area contributed by atoms with Gasteiger partial charge in [0.15, 0.2) is 0 Å². The molecule has 32 heavy (non-hydrogen) atoms. The first-order valence-electron chi connectivity index (χ1n) is 13.4. The minimum absolute atomic E-state index is 0.0694. The Bertz CT molecular complexity index is 341. The van der Waals surface area contributed by atoms with Crippen LogP contribution in [-0.4, -0.2) is 70.8 Å². The van der Waals surface area contributed by atoms with E-state index in [-0.39, 0.29) is 19.8 Å². The van der Waals surface area contributed by atoms with E-state index in [1.165, 1.54) is 96.3 Å². The third-order valence-electron chi connectivity index (χ3n) is 5.74. The molecule has 0 saturated heterocycles. The second-order valence-corrected chi connectivity index (χ2v) is 8.81. The average Bonchev–Trinajstić information content (AvgIpc) is 2.77. The molecule has 0 heterocycles. The molecule has 0 aliphatic heterocycles. The quantitative estimate of drug-likeness (QED) is 0.144. The van der Waals surface area contributed by atoms with E-state index in [9.17, 15) is 4.79 Å². The number of nitrogens with zero attached hydrogens (tertiary/aromatic N) is 1. The highest BCUT2D eigenvalue weighted by Gasteiger charge is 2.00. The molecule has 0 aromatic rings. The Hall–Kier alpha value is -0.690. The Morgan fingerprint density at radius 1 is 0.531 bits per heavy atom. The van der Waals surface area contributed by atoms with Gasteiger partial charge in [0, 0.05) is 26.1 Å². The highest BCUT2D eigenvalue weighted by molar-refractivity contribution is 5.66. The summed E-state index contributed by atoms with van der Waals surface area (Å²) in [6.45, 7) is 4.03. The fraction of sp³-hybridized carbons (Fsp3) is 0.962. The topological polar surface area (TPSA) is 101 Å². The fourth-order valence-electron chi connectivity index (χ4n) is 3.76. The van der Waals surface area contributed by atoms with Gasteiger partial charge >= 0.3 is 5.97 Å². The number of hydrogen-bond donors (Lipinski definition) is 4. The molecule has 4 N–H and O–H groups in total. The number of hydrogen-bond acceptors (Lipinski definition) is 5. The van der Waals surface area contributed by atoms with E-state index in [0.717, 1.165) is 12.8 Å². The summed E-state index contributed by atoms with van der Waals surface area (Å²) in [5.74, 6) is -0.652. The summed E-state index contributed by atoms with van der Waals surface area (Å²) in [4.78, 5) is 12.2. The number of aliphatic hydroxyl groups excluding tert-OH is 3. The Labute approximate surface area is 198 Å². The third-order valence-corrected chi connectivity index (χ3v) is 5.74. The van der Waals surface area contributed by atoms with Crippen LogP contribution in [0.1, 0.15) is 122 Å². The van der Waals surface area contributed by atoms with Gasteiger partial charge in [0.1, 0.15) is 0 Å². The Morgan fingerprint density at radius 3 is 1.06 bits per heavy atom. The second-order valence-electron chi connectivity index (χ2n) is 8.81. The SMILES string of the molecule is CCCCCCCCCCCCCCCCCCCC(=O)O.OCCN(CCO)CCO. The van der Waals surface area contributed by atoms with E-state index in [0.29, 0.717) is 26.1 Å². The van der Waals surface area contributed by atoms with Crippen molar-refractivity contribution in [1.82, 2.24) is 4.90 Å². The normalized spacial score (nSPS) is 10.9. The van der Waals surface area contributed by atoms with Gasteiger partial charge in [-0.15, -0.1) is 0 Å². The molecule has 0 aliphatic carbocycles. The summed E-state index contributed by atoms with van der Waals surface area (Å²) < 4.78 is 0. The van der Waals surface area contributed by atoms with E-state index in [1.54, 1.807) is 4.90 Å². The van der Waals surface area contributed by atoms with E-state index in [2.05, 4.69) is 6.92 Å². The molecule has 194 valence electrons. The maximum absolute atomic E-state index is 10.4. The van der Waals surface area contributed by atoms with Gasteiger partial charge in [0.05, 0.1) is 19.8 Å². The number of carbonyl (C=O) groups is 1. The Kier molecular flexibility index (Phi) is 31.7. The van der Waals surface area contributed by atoms with E-state index >= 15 is 0 Å². The van der Waals surface area contributed by atoms with Gasteiger partial charge in [0.25, 0.3) is 0 Å². The van der Waals surface area contributed by atoms with Crippen LogP contribution in [0.25, 0.3) is 0 Å². The molecular weight excluding hydrogens is 406 g/mol. The highest BCUT2D eigenvalue weighted by Crippen LogP contribution is 2.14. The smallest absolute Gasteiger partial charge is 0.303 e. The van der Waals surface area contributed by atoms with Gasteiger partial charge in [-0.25, -0.2) is 0 Å². The zero-order valence-electron chi connectivity index (χ0n) is 21.1. The maximum atomic E-state index is 10.4. The van der Waals surface area contributed by atoms with Crippen LogP contribution >= 0.6 is 0 Å². The summed E-state index contributed by atoms with van der Waals surface area (Å²) in [6.07, 6.45) is 23.1. The first-order valence-corrected chi connectivity index (χ1v) is 13.4. The number of aliphatic hydroxyl groups is 3. The molecule has 0 radical (unpaired) electrons. The molecule has 0 rings (SSSR count). The van der Waals surface area contributed by atoms with Gasteiger partial charge < -0.3 is 20.4 Å². The predicted molar refractivity (Wildman–Crippen MR) is 134 cm³/mol. The molecule has 0 unspecified atom stereocenters. The number of unbranched alkanes of at least 4 members (excludes halogenated alkanes) is 16. The van der Waals surface area contributed by atoms with Crippen molar-refractivity contribution in [3.63, 3.8) is 0 Å². The van der Waals surface area contributed by atoms with Crippen LogP contribution < -0.4 is 0 Å². The van der Waals surface area contributed by atoms with Crippen molar-refractivity contribution in [3.05, 3.63) is 0 Å². The lowest BCUT2D eigenvalue weighted by Crippen LogP contribution is -2.32. The highest BCUT2D eigenvalue weighted by atomic mass is 16.4. The third kappa shape index (κ3) is 31.5. The van der Waals surface area contributed by atoms with Gasteiger partial charge in [-0.2, -0.15) is 0 Å². The van der Waals surface area contributed by atoms with Crippen LogP contribution in [0.5, 0.6) is 0 Å². The predicted octanol–water partition coefficient (Wildman–Crippen LogP) is 5.38. The molecule has 0 bridgehead atoms. The first-order chi connectivity index (χ1) is 15.6. The Morgan fingerprint density at radius 2 is 0.812 bits per heavy atom. The zero-order chi connectivity index (χ0) is 24.1. The van der Waals surface area contributed by atoms with Crippen LogP contribution in [0.3, 0.4) is 0 Å². The molecule has 6 nitrogen and oxygen atoms in total. The minimum Gasteiger partial charge on any atom is -0.481 e. The summed E-state index contributed by atoms with van der Waals surface area (Å²) in [7, 11) is 0. The van der Waals surface area contributed by atoms with Crippen LogP contribution in [0, 0.1) is 0 Å². The molecule has 0 aliphatic rings. The van der Waals surface area contributed by atoms with Gasteiger partial charge in [-0.3, -0.25) is 9.69 Å². The molecule has 0 aromatic carbocycles. The molecule has 0 fully saturated rings. The van der Waals surface area contributed by atoms with E-state index < -0.39 is 5.97 Å². The lowest BCUT2D eigenvalue weighted by Gasteiger charge is -2.17. The summed E-state index contributed by atoms with van der Waals surface area (Å²) >= 11 is 0. The second kappa shape index (κ2) is 30.3. The lowest BCUT2D eigenvalue weighted by atomic mass is 10.0. The molecule has 0 amide bonds. The van der Waals surface area contributed by atoms with Crippen LogP contribution in [0.2, 0.25) is 0 Å². The van der Waals surface area contributed by atoms with Crippen molar-refractivity contribution < 1.29 is 25.2 Å². The van der Waals surface area contributed by atoms with Crippen molar-refractivity contribution in [2.75, 3.05) is 39.5 Å². The van der Waals surface area contributed by atoms with Gasteiger partial charge in [-0.1, -0.05) is 110 Å². The molecule has 0 spiro atoms. The summed E-state index contributed by atoms with van der Waals surface area (Å²) in [5.41, 5.74) is 0. The average molecular weight is 462 g/mol. The van der Waals surface area contributed by atoms with Crippen molar-refractivity contribution >= 4 is 5.97 Å². The molecule has 0 aromatic heterocycles. The number of carboxylic acid groups (broad SMARTS) is 1. The van der Waals surface area contributed by atoms with Crippen molar-refractivity contribution in [2.45, 2.75) is 122 Å². The summed E-state index contributed by atoms with van der Waals surface area (Å²) in [5, 5.41) is 34.0. The standard InChI is InChI=1S/C20H40O2.C6H15NO3/c1-2-3-4-5-6-7-8-9-10-11-12-13-14-15-16-17-18-19-20(21)22;8-4-1-7(2-5-9)3-6-10/h2-19H2,1H3,(H,21,22);8-10H,1-6H2. The van der Waals surface area contributed by atoms with Crippen LogP contribution in [-0.2, 0) is 4.79 Å². The van der Waals surface area contributed by atoms with Crippen molar-refractivity contribution in [3.8, 4) is 0 Å². The zero-order valence-corrected chi connectivity index (χ0v) is 21.1. The number of aliphatic carboxylic acids is 1. The first kappa shape index (κ1) is 33.5. The number of rotatable bonds is 24. The largest absolute Gasteiger partial charge is 0.481 e. The van der Waals surface area contributed by atoms with E-state index in [1.807, 2.05) is 0 Å². The molecule has 0 atom stereocenters. The van der Waals surface area contributed by atoms with Gasteiger partial charge in [-0.05, 0) is 6.42 Å². The monoisotopic (exact) mass is 461 g/mol. The summed E-state index contributed by atoms with van der Waals surface area (Å²) in [6, 6.07) is 0. The van der Waals surface area contributed by atoms with Crippen LogP contribution in [0.4, 0.5) is 0 Å². The van der Waals surface area contributed by atoms with Crippen LogP contribution in [0.15, 0.2) is 0 Å². The van der Waals surface area contributed by atoms with Crippen molar-refractivity contribution in [1.29, 1.82) is 0 Å². The Balaban J connectivity index is 0. The van der Waals surface area contributed by atoms with E-state index in [4.69, 9.17) is 20.4 Å². The number of carboxylic acids is 1. The van der Waals surface area contributed by atoms with Crippen molar-refractivity contribution in [2.24, 2.45) is 0 Å². The molecular formula is C26H55NO5. The van der Waals surface area contributed by atoms with Gasteiger partial charge in [0.2, 0.25) is 0 Å². The molecule has 0 saturated carbocycles.